The molecule has 12 heavy (non-hydrogen) atoms. The van der Waals surface area contributed by atoms with Crippen molar-refractivity contribution in [1.82, 2.24) is 5.32 Å². The molecule has 1 amide bonds. The molecule has 4 heteroatoms. The predicted octanol–water partition coefficient (Wildman–Crippen LogP) is 1.72. The first kappa shape index (κ1) is 11.6. The molecule has 0 fully saturated rings. The Kier molecular flexibility index (Phi) is 6.96. The third kappa shape index (κ3) is 6.28. The summed E-state index contributed by atoms with van der Waals surface area (Å²) in [4.78, 5) is 10.1. The van der Waals surface area contributed by atoms with Gasteiger partial charge in [0.1, 0.15) is 0 Å². The lowest BCUT2D eigenvalue weighted by molar-refractivity contribution is 0.192. The summed E-state index contributed by atoms with van der Waals surface area (Å²) in [6, 6.07) is 0. The molecule has 0 aromatic heterocycles. The van der Waals surface area contributed by atoms with E-state index in [1.165, 1.54) is 0 Å². The zero-order chi connectivity index (χ0) is 9.40. The van der Waals surface area contributed by atoms with Gasteiger partial charge in [-0.15, -0.1) is 12.3 Å². The van der Waals surface area contributed by atoms with E-state index in [4.69, 9.17) is 11.5 Å². The summed E-state index contributed by atoms with van der Waals surface area (Å²) in [5.41, 5.74) is 0. The van der Waals surface area contributed by atoms with E-state index in [1.807, 2.05) is 0 Å². The zero-order valence-electron chi connectivity index (χ0n) is 6.72. The number of carbonyl (C=O) groups is 1. The van der Waals surface area contributed by atoms with Crippen molar-refractivity contribution in [2.75, 3.05) is 11.0 Å². The number of halogens is 1. The van der Waals surface area contributed by atoms with E-state index in [2.05, 4.69) is 33.8 Å². The Morgan fingerprint density at radius 2 is 2.42 bits per heavy atom. The van der Waals surface area contributed by atoms with Crippen molar-refractivity contribution in [2.45, 2.75) is 12.8 Å². The normalized spacial score (nSPS) is 11.7. The number of nitrogens with one attached hydrogen (secondary N) is 1. The molecule has 0 aromatic rings. The van der Waals surface area contributed by atoms with Crippen LogP contribution in [0.1, 0.15) is 12.8 Å². The second-order valence-corrected chi connectivity index (χ2v) is 3.52. The molecule has 0 heterocycles. The van der Waals surface area contributed by atoms with Crippen LogP contribution in [0.2, 0.25) is 0 Å². The molecule has 0 spiro atoms. The predicted molar refractivity (Wildman–Crippen MR) is 56.5 cm³/mol. The van der Waals surface area contributed by atoms with Crippen LogP contribution in [0, 0.1) is 18.3 Å². The number of hydrogen-bond acceptors (Lipinski definition) is 1. The number of terminal acetylenes is 1. The first-order valence-corrected chi connectivity index (χ1v) is 5.19. The van der Waals surface area contributed by atoms with Crippen molar-refractivity contribution in [1.29, 1.82) is 0 Å². The van der Waals surface area contributed by atoms with Crippen LogP contribution in [-0.4, -0.2) is 22.2 Å². The Morgan fingerprint density at radius 3 is 2.83 bits per heavy atom. The van der Waals surface area contributed by atoms with Crippen molar-refractivity contribution >= 4 is 28.7 Å². The highest BCUT2D eigenvalue weighted by molar-refractivity contribution is 14.1. The van der Waals surface area contributed by atoms with Crippen LogP contribution in [0.15, 0.2) is 0 Å². The van der Waals surface area contributed by atoms with Crippen molar-refractivity contribution < 1.29 is 9.90 Å². The Labute approximate surface area is 86.1 Å². The number of alkyl halides is 1. The summed E-state index contributed by atoms with van der Waals surface area (Å²) in [5, 5.41) is 10.7. The maximum absolute atomic E-state index is 10.1. The van der Waals surface area contributed by atoms with Crippen LogP contribution in [0.5, 0.6) is 0 Å². The molecule has 0 aliphatic heterocycles. The average molecular weight is 281 g/mol. The molecular weight excluding hydrogens is 269 g/mol. The van der Waals surface area contributed by atoms with Crippen LogP contribution in [-0.2, 0) is 0 Å². The van der Waals surface area contributed by atoms with Crippen molar-refractivity contribution in [3.05, 3.63) is 0 Å². The summed E-state index contributed by atoms with van der Waals surface area (Å²) in [5.74, 6) is 2.82. The quantitative estimate of drug-likeness (QED) is 0.458. The fourth-order valence-corrected chi connectivity index (χ4v) is 1.71. The highest BCUT2D eigenvalue weighted by atomic mass is 127. The minimum atomic E-state index is -0.981. The second-order valence-electron chi connectivity index (χ2n) is 2.44. The van der Waals surface area contributed by atoms with E-state index in [1.54, 1.807) is 0 Å². The van der Waals surface area contributed by atoms with Gasteiger partial charge in [0.25, 0.3) is 0 Å². The molecule has 0 saturated carbocycles. The fourth-order valence-electron chi connectivity index (χ4n) is 0.829. The van der Waals surface area contributed by atoms with Gasteiger partial charge in [-0.25, -0.2) is 4.79 Å². The molecule has 0 aliphatic rings. The maximum Gasteiger partial charge on any atom is 0.404 e. The van der Waals surface area contributed by atoms with E-state index in [0.717, 1.165) is 10.8 Å². The molecule has 0 bridgehead atoms. The molecule has 0 radical (unpaired) electrons. The zero-order valence-corrected chi connectivity index (χ0v) is 8.87. The monoisotopic (exact) mass is 281 g/mol. The lowest BCUT2D eigenvalue weighted by atomic mass is 10.0. The fraction of sp³-hybridized carbons (Fsp3) is 0.625. The first-order valence-electron chi connectivity index (χ1n) is 3.67. The molecule has 0 saturated heterocycles. The Bertz CT molecular complexity index is 176. The van der Waals surface area contributed by atoms with Crippen LogP contribution >= 0.6 is 22.6 Å². The van der Waals surface area contributed by atoms with E-state index in [9.17, 15) is 4.79 Å². The van der Waals surface area contributed by atoms with E-state index < -0.39 is 6.09 Å². The SMILES string of the molecule is C#CCC(CCI)CNC(=O)O. The van der Waals surface area contributed by atoms with Crippen LogP contribution in [0.3, 0.4) is 0 Å². The van der Waals surface area contributed by atoms with Crippen LogP contribution in [0.25, 0.3) is 0 Å². The van der Waals surface area contributed by atoms with Gasteiger partial charge in [-0.3, -0.25) is 0 Å². The molecule has 1 unspecified atom stereocenters. The summed E-state index contributed by atoms with van der Waals surface area (Å²) in [6.45, 7) is 0.461. The van der Waals surface area contributed by atoms with Crippen LogP contribution < -0.4 is 5.32 Å². The summed E-state index contributed by atoms with van der Waals surface area (Å²) in [6.07, 6.45) is 5.76. The van der Waals surface area contributed by atoms with Gasteiger partial charge in [-0.05, 0) is 16.8 Å². The third-order valence-corrected chi connectivity index (χ3v) is 2.09. The lowest BCUT2D eigenvalue weighted by Gasteiger charge is -2.11. The topological polar surface area (TPSA) is 49.3 Å². The highest BCUT2D eigenvalue weighted by Crippen LogP contribution is 2.08. The van der Waals surface area contributed by atoms with Crippen molar-refractivity contribution in [3.63, 3.8) is 0 Å². The van der Waals surface area contributed by atoms with Gasteiger partial charge in [0.15, 0.2) is 0 Å². The standard InChI is InChI=1S/C8H12INO2/c1-2-3-7(4-5-9)6-10-8(11)12/h1,7,10H,3-6H2,(H,11,12). The minimum absolute atomic E-state index is 0.281. The van der Waals surface area contributed by atoms with Gasteiger partial charge < -0.3 is 10.4 Å². The maximum atomic E-state index is 10.1. The summed E-state index contributed by atoms with van der Waals surface area (Å²) in [7, 11) is 0. The van der Waals surface area contributed by atoms with Gasteiger partial charge >= 0.3 is 6.09 Å². The Morgan fingerprint density at radius 1 is 1.75 bits per heavy atom. The Hall–Kier alpha value is -0.440. The summed E-state index contributed by atoms with van der Waals surface area (Å²) < 4.78 is 1.01. The largest absolute Gasteiger partial charge is 0.465 e. The van der Waals surface area contributed by atoms with Crippen molar-refractivity contribution in [3.8, 4) is 12.3 Å². The molecule has 3 nitrogen and oxygen atoms in total. The molecule has 0 rings (SSSR count). The lowest BCUT2D eigenvalue weighted by Crippen LogP contribution is -2.27. The summed E-state index contributed by atoms with van der Waals surface area (Å²) >= 11 is 2.26. The number of amides is 1. The van der Waals surface area contributed by atoms with Gasteiger partial charge in [0.2, 0.25) is 0 Å². The first-order chi connectivity index (χ1) is 5.70. The average Bonchev–Trinajstić information content (AvgIpc) is 2.01. The highest BCUT2D eigenvalue weighted by Gasteiger charge is 2.07. The Balaban J connectivity index is 3.64. The molecule has 2 N–H and O–H groups in total. The van der Waals surface area contributed by atoms with Crippen LogP contribution in [0.4, 0.5) is 4.79 Å². The molecule has 0 aromatic carbocycles. The third-order valence-electron chi connectivity index (χ3n) is 1.47. The molecule has 68 valence electrons. The number of hydrogen-bond donors (Lipinski definition) is 2. The van der Waals surface area contributed by atoms with Gasteiger partial charge in [-0.2, -0.15) is 0 Å². The van der Waals surface area contributed by atoms with Gasteiger partial charge in [-0.1, -0.05) is 22.6 Å². The molecule has 0 aliphatic carbocycles. The number of rotatable bonds is 5. The van der Waals surface area contributed by atoms with E-state index >= 15 is 0 Å². The smallest absolute Gasteiger partial charge is 0.404 e. The van der Waals surface area contributed by atoms with E-state index in [0.29, 0.717) is 13.0 Å². The van der Waals surface area contributed by atoms with Gasteiger partial charge in [0, 0.05) is 13.0 Å². The minimum Gasteiger partial charge on any atom is -0.465 e. The number of carboxylic acid groups (broad SMARTS) is 1. The van der Waals surface area contributed by atoms with E-state index in [-0.39, 0.29) is 5.92 Å². The second kappa shape index (κ2) is 7.22. The molecule has 1 atom stereocenters. The van der Waals surface area contributed by atoms with Gasteiger partial charge in [0.05, 0.1) is 0 Å². The molecular formula is C8H12INO2. The van der Waals surface area contributed by atoms with Crippen molar-refractivity contribution in [2.24, 2.45) is 5.92 Å².